The molecular weight excluding hydrogens is 695 g/mol. The Labute approximate surface area is 351 Å². The molecule has 2 saturated heterocycles. The first-order valence-corrected chi connectivity index (χ1v) is 27.3. The van der Waals surface area contributed by atoms with Crippen molar-refractivity contribution in [2.75, 3.05) is 0 Å². The highest BCUT2D eigenvalue weighted by Gasteiger charge is 2.60. The molecule has 9 unspecified atom stereocenters. The Morgan fingerprint density at radius 2 is 0.667 bits per heavy atom. The Kier molecular flexibility index (Phi) is 12.5. The van der Waals surface area contributed by atoms with Crippen LogP contribution in [0.5, 0.6) is 0 Å². The average molecular weight is 784 g/mol. The van der Waals surface area contributed by atoms with Crippen molar-refractivity contribution in [3.05, 3.63) is 0 Å². The molecule has 2 aliphatic heterocycles. The van der Waals surface area contributed by atoms with Gasteiger partial charge in [0.1, 0.15) is 0 Å². The van der Waals surface area contributed by atoms with Gasteiger partial charge in [0.2, 0.25) is 0 Å². The molecule has 11 fully saturated rings. The summed E-state index contributed by atoms with van der Waals surface area (Å²) in [6.07, 6.45) is 55.0. The molecule has 322 valence electrons. The van der Waals surface area contributed by atoms with E-state index in [-0.39, 0.29) is 0 Å². The maximum atomic E-state index is 7.53. The van der Waals surface area contributed by atoms with Crippen LogP contribution in [0.15, 0.2) is 0 Å². The highest BCUT2D eigenvalue weighted by Crippen LogP contribution is 2.59. The lowest BCUT2D eigenvalue weighted by molar-refractivity contribution is -0.0879. The minimum Gasteiger partial charge on any atom is -0.374 e. The van der Waals surface area contributed by atoms with E-state index in [0.717, 1.165) is 89.1 Å². The van der Waals surface area contributed by atoms with Crippen LogP contribution in [-0.4, -0.2) is 47.4 Å². The van der Waals surface area contributed by atoms with E-state index in [9.17, 15) is 0 Å². The number of ether oxygens (including phenoxy) is 2. The van der Waals surface area contributed by atoms with Crippen LogP contribution < -0.4 is 0 Å². The summed E-state index contributed by atoms with van der Waals surface area (Å²) in [5.41, 5.74) is 0. The number of nitrogens with zero attached hydrogens (tertiary/aromatic N) is 1. The van der Waals surface area contributed by atoms with Crippen LogP contribution in [0.25, 0.3) is 0 Å². The van der Waals surface area contributed by atoms with Gasteiger partial charge in [-0.05, 0) is 206 Å². The minimum atomic E-state index is 0.522. The van der Waals surface area contributed by atoms with E-state index in [4.69, 9.17) is 9.47 Å². The van der Waals surface area contributed by atoms with Crippen molar-refractivity contribution in [1.82, 2.24) is 4.90 Å². The van der Waals surface area contributed by atoms with E-state index in [2.05, 4.69) is 4.90 Å². The van der Waals surface area contributed by atoms with Crippen molar-refractivity contribution in [2.24, 2.45) is 71.0 Å². The van der Waals surface area contributed by atoms with Crippen LogP contribution in [0.2, 0.25) is 0 Å². The molecule has 9 atom stereocenters. The molecule has 3 heteroatoms. The second-order valence-electron chi connectivity index (χ2n) is 23.9. The summed E-state index contributed by atoms with van der Waals surface area (Å²) in [7, 11) is 0. The van der Waals surface area contributed by atoms with Crippen molar-refractivity contribution in [2.45, 2.75) is 267 Å². The van der Waals surface area contributed by atoms with Gasteiger partial charge in [-0.3, -0.25) is 4.90 Å². The Bertz CT molecular complexity index is 1260. The van der Waals surface area contributed by atoms with Gasteiger partial charge in [0.25, 0.3) is 0 Å². The first-order valence-electron chi connectivity index (χ1n) is 27.3. The summed E-state index contributed by atoms with van der Waals surface area (Å²) >= 11 is 0. The van der Waals surface area contributed by atoms with Crippen molar-refractivity contribution < 1.29 is 9.47 Å². The summed E-state index contributed by atoms with van der Waals surface area (Å²) < 4.78 is 14.4. The number of rotatable bonds is 7. The average Bonchev–Trinajstić information content (AvgIpc) is 3.87. The van der Waals surface area contributed by atoms with Gasteiger partial charge < -0.3 is 9.47 Å². The summed E-state index contributed by atoms with van der Waals surface area (Å²) in [6, 6.07) is 2.66. The molecule has 0 radical (unpaired) electrons. The summed E-state index contributed by atoms with van der Waals surface area (Å²) in [6.45, 7) is 0. The molecule has 0 spiro atoms. The van der Waals surface area contributed by atoms with Crippen LogP contribution in [0.3, 0.4) is 0 Å². The first-order chi connectivity index (χ1) is 28.2. The van der Waals surface area contributed by atoms with Crippen molar-refractivity contribution in [3.63, 3.8) is 0 Å². The smallest absolute Gasteiger partial charge is 0.0667 e. The zero-order chi connectivity index (χ0) is 37.7. The second kappa shape index (κ2) is 17.9. The maximum Gasteiger partial charge on any atom is 0.0667 e. The highest BCUT2D eigenvalue weighted by molar-refractivity contribution is 5.08. The Balaban J connectivity index is 0.732. The predicted molar refractivity (Wildman–Crippen MR) is 234 cm³/mol. The SMILES string of the molecule is C1CCC(C2CCC(C3CCC(N(C4CCC(C5CCCCC5)CC4)C4CCC(C5CCCC6C7CCC8OC9CCCCC9C8C7OC56)CC4)CC3)CC2)CC1. The first kappa shape index (κ1) is 39.7. The highest BCUT2D eigenvalue weighted by atomic mass is 16.5. The molecule has 57 heavy (non-hydrogen) atoms. The van der Waals surface area contributed by atoms with E-state index >= 15 is 0 Å². The zero-order valence-corrected chi connectivity index (χ0v) is 37.0. The molecule has 2 heterocycles. The topological polar surface area (TPSA) is 21.7 Å². The van der Waals surface area contributed by atoms with Crippen molar-refractivity contribution in [3.8, 4) is 0 Å². The molecule has 0 aromatic heterocycles. The Morgan fingerprint density at radius 3 is 1.23 bits per heavy atom. The lowest BCUT2D eigenvalue weighted by atomic mass is 9.62. The molecule has 0 amide bonds. The fourth-order valence-corrected chi connectivity index (χ4v) is 18.8. The molecule has 11 rings (SSSR count). The quantitative estimate of drug-likeness (QED) is 0.257. The van der Waals surface area contributed by atoms with E-state index < -0.39 is 0 Å². The number of hydrogen-bond donors (Lipinski definition) is 0. The molecule has 9 saturated carbocycles. The van der Waals surface area contributed by atoms with Gasteiger partial charge >= 0.3 is 0 Å². The fraction of sp³-hybridized carbons (Fsp3) is 1.00. The third-order valence-electron chi connectivity index (χ3n) is 21.6. The molecule has 0 aromatic rings. The van der Waals surface area contributed by atoms with E-state index in [1.807, 2.05) is 0 Å². The zero-order valence-electron chi connectivity index (χ0n) is 37.0. The Hall–Kier alpha value is -0.120. The standard InChI is InChI=1S/C54H89NO2/c1-3-10-36(11-4-1)38-18-20-39(21-19-38)41-24-30-44(31-25-41)55(43-28-22-40(23-29-43)37-12-5-2-6-13-37)45-32-26-42(27-33-45)46-15-9-16-47-48-34-35-51-52(54(48)57-53(46)47)49-14-7-8-17-50(49)56-51/h36-54H,1-35H2. The largest absolute Gasteiger partial charge is 0.374 e. The van der Waals surface area contributed by atoms with Crippen LogP contribution in [0, 0.1) is 71.0 Å². The molecular formula is C54H89NO2. The maximum absolute atomic E-state index is 7.53. The molecule has 3 nitrogen and oxygen atoms in total. The van der Waals surface area contributed by atoms with Gasteiger partial charge in [0, 0.05) is 24.0 Å². The number of hydrogen-bond acceptors (Lipinski definition) is 3. The van der Waals surface area contributed by atoms with Crippen LogP contribution in [0.4, 0.5) is 0 Å². The van der Waals surface area contributed by atoms with E-state index in [0.29, 0.717) is 24.4 Å². The third-order valence-corrected chi connectivity index (χ3v) is 21.6. The molecule has 0 bridgehead atoms. The van der Waals surface area contributed by atoms with E-state index in [1.165, 1.54) is 148 Å². The lowest BCUT2D eigenvalue weighted by Gasteiger charge is -2.51. The van der Waals surface area contributed by atoms with Gasteiger partial charge in [-0.15, -0.1) is 0 Å². The second-order valence-corrected chi connectivity index (χ2v) is 23.9. The fourth-order valence-electron chi connectivity index (χ4n) is 18.8. The number of fused-ring (bicyclic) bond motifs is 7. The normalized spacial score (nSPS) is 50.2. The minimum absolute atomic E-state index is 0.522. The predicted octanol–water partition coefficient (Wildman–Crippen LogP) is 14.1. The van der Waals surface area contributed by atoms with E-state index in [1.54, 1.807) is 77.0 Å². The van der Waals surface area contributed by atoms with Crippen molar-refractivity contribution >= 4 is 0 Å². The van der Waals surface area contributed by atoms with Gasteiger partial charge in [0.05, 0.1) is 24.4 Å². The van der Waals surface area contributed by atoms with Crippen LogP contribution >= 0.6 is 0 Å². The molecule has 0 N–H and O–H groups in total. The van der Waals surface area contributed by atoms with Crippen LogP contribution in [-0.2, 0) is 9.47 Å². The van der Waals surface area contributed by atoms with Crippen LogP contribution in [0.1, 0.15) is 225 Å². The molecule has 9 aliphatic carbocycles. The summed E-state index contributed by atoms with van der Waals surface area (Å²) in [5.74, 6) is 11.5. The van der Waals surface area contributed by atoms with Gasteiger partial charge in [-0.2, -0.15) is 0 Å². The monoisotopic (exact) mass is 784 g/mol. The van der Waals surface area contributed by atoms with Crippen molar-refractivity contribution in [1.29, 1.82) is 0 Å². The molecule has 11 aliphatic rings. The third kappa shape index (κ3) is 8.06. The van der Waals surface area contributed by atoms with Gasteiger partial charge in [0.15, 0.2) is 0 Å². The lowest BCUT2D eigenvalue weighted by Crippen LogP contribution is -2.53. The molecule has 0 aromatic carbocycles. The summed E-state index contributed by atoms with van der Waals surface area (Å²) in [4.78, 5) is 3.34. The summed E-state index contributed by atoms with van der Waals surface area (Å²) in [5, 5.41) is 0. The van der Waals surface area contributed by atoms with Gasteiger partial charge in [-0.1, -0.05) is 83.5 Å². The van der Waals surface area contributed by atoms with Gasteiger partial charge in [-0.25, -0.2) is 0 Å². The Morgan fingerprint density at radius 1 is 0.246 bits per heavy atom.